The molecule has 0 aliphatic heterocycles. The van der Waals surface area contributed by atoms with Gasteiger partial charge in [-0.1, -0.05) is 11.2 Å². The van der Waals surface area contributed by atoms with Gasteiger partial charge in [0.25, 0.3) is 0 Å². The highest BCUT2D eigenvalue weighted by Gasteiger charge is 2.31. The molecule has 0 bridgehead atoms. The van der Waals surface area contributed by atoms with Gasteiger partial charge < -0.3 is 14.3 Å². The summed E-state index contributed by atoms with van der Waals surface area (Å²) in [5.74, 6) is 1.03. The van der Waals surface area contributed by atoms with Crippen molar-refractivity contribution in [3.05, 3.63) is 52.8 Å². The first kappa shape index (κ1) is 19.1. The number of pyridine rings is 1. The Hall–Kier alpha value is -3.28. The van der Waals surface area contributed by atoms with E-state index in [2.05, 4.69) is 10.1 Å². The van der Waals surface area contributed by atoms with Crippen molar-refractivity contribution in [2.75, 3.05) is 14.2 Å². The molecule has 9 heteroatoms. The van der Waals surface area contributed by atoms with Crippen LogP contribution in [0.15, 0.2) is 35.5 Å². The molecule has 6 nitrogen and oxygen atoms in total. The topological polar surface area (TPSA) is 76.7 Å². The number of aromatic nitrogens is 1. The van der Waals surface area contributed by atoms with Crippen LogP contribution in [0.2, 0.25) is 0 Å². The molecule has 0 saturated heterocycles. The van der Waals surface area contributed by atoms with Crippen molar-refractivity contribution in [2.24, 2.45) is 5.16 Å². The molecule has 0 atom stereocenters. The molecular formula is C17H14F3N3O3. The Morgan fingerprint density at radius 2 is 1.85 bits per heavy atom. The lowest BCUT2D eigenvalue weighted by Crippen LogP contribution is -2.07. The highest BCUT2D eigenvalue weighted by Crippen LogP contribution is 2.30. The predicted molar refractivity (Wildman–Crippen MR) is 85.9 cm³/mol. The average Bonchev–Trinajstić information content (AvgIpc) is 2.63. The van der Waals surface area contributed by atoms with Gasteiger partial charge in [-0.05, 0) is 24.3 Å². The minimum absolute atomic E-state index is 0.0340. The van der Waals surface area contributed by atoms with Crippen molar-refractivity contribution >= 4 is 6.21 Å². The molecule has 0 amide bonds. The van der Waals surface area contributed by atoms with Crippen molar-refractivity contribution in [2.45, 2.75) is 12.8 Å². The van der Waals surface area contributed by atoms with E-state index >= 15 is 0 Å². The number of nitriles is 1. The van der Waals surface area contributed by atoms with E-state index in [0.717, 1.165) is 12.3 Å². The van der Waals surface area contributed by atoms with E-state index < -0.39 is 11.7 Å². The van der Waals surface area contributed by atoms with Gasteiger partial charge in [-0.2, -0.15) is 18.4 Å². The molecule has 136 valence electrons. The van der Waals surface area contributed by atoms with Gasteiger partial charge in [-0.15, -0.1) is 0 Å². The van der Waals surface area contributed by atoms with Crippen LogP contribution in [0.3, 0.4) is 0 Å². The maximum atomic E-state index is 12.8. The van der Waals surface area contributed by atoms with Crippen LogP contribution in [0.5, 0.6) is 11.5 Å². The van der Waals surface area contributed by atoms with Crippen molar-refractivity contribution in [3.63, 3.8) is 0 Å². The molecule has 1 aromatic carbocycles. The Morgan fingerprint density at radius 1 is 1.19 bits per heavy atom. The first-order valence-corrected chi connectivity index (χ1v) is 7.23. The van der Waals surface area contributed by atoms with Gasteiger partial charge in [0.2, 0.25) is 0 Å². The van der Waals surface area contributed by atoms with Gasteiger partial charge in [0.15, 0.2) is 0 Å². The van der Waals surface area contributed by atoms with Crippen molar-refractivity contribution in [1.29, 1.82) is 5.26 Å². The SMILES string of the molecule is COc1cccc(OC)c1CON=Cc1cc(C(F)(F)F)cc(C#N)n1. The fourth-order valence-electron chi connectivity index (χ4n) is 2.10. The molecule has 0 unspecified atom stereocenters. The lowest BCUT2D eigenvalue weighted by Gasteiger charge is -2.11. The van der Waals surface area contributed by atoms with Crippen LogP contribution in [-0.2, 0) is 17.6 Å². The van der Waals surface area contributed by atoms with Gasteiger partial charge in [0.1, 0.15) is 29.9 Å². The number of ether oxygens (including phenoxy) is 2. The Bertz CT molecular complexity index is 823. The highest BCUT2D eigenvalue weighted by molar-refractivity contribution is 5.77. The number of methoxy groups -OCH3 is 2. The summed E-state index contributed by atoms with van der Waals surface area (Å²) in [6, 6.07) is 8.17. The Labute approximate surface area is 147 Å². The summed E-state index contributed by atoms with van der Waals surface area (Å²) in [6.45, 7) is -0.0340. The number of halogens is 3. The Balaban J connectivity index is 2.16. The molecule has 1 heterocycles. The van der Waals surface area contributed by atoms with Crippen LogP contribution in [0, 0.1) is 11.3 Å². The van der Waals surface area contributed by atoms with Crippen molar-refractivity contribution in [1.82, 2.24) is 4.98 Å². The zero-order chi connectivity index (χ0) is 19.2. The standard InChI is InChI=1S/C17H14F3N3O3/c1-24-15-4-3-5-16(25-2)14(15)10-26-22-9-13-7-11(17(18,19)20)6-12(8-21)23-13/h3-7,9H,10H2,1-2H3. The van der Waals surface area contributed by atoms with Gasteiger partial charge in [-0.25, -0.2) is 4.98 Å². The largest absolute Gasteiger partial charge is 0.496 e. The molecule has 0 fully saturated rings. The lowest BCUT2D eigenvalue weighted by molar-refractivity contribution is -0.137. The monoisotopic (exact) mass is 365 g/mol. The third-order valence-corrected chi connectivity index (χ3v) is 3.29. The quantitative estimate of drug-likeness (QED) is 0.578. The Kier molecular flexibility index (Phi) is 6.01. The van der Waals surface area contributed by atoms with Gasteiger partial charge in [0.05, 0.1) is 37.3 Å². The fraction of sp³-hybridized carbons (Fsp3) is 0.235. The third kappa shape index (κ3) is 4.63. The van der Waals surface area contributed by atoms with Gasteiger partial charge >= 0.3 is 6.18 Å². The summed E-state index contributed by atoms with van der Waals surface area (Å²) in [5, 5.41) is 12.4. The maximum absolute atomic E-state index is 12.8. The number of oxime groups is 1. The van der Waals surface area contributed by atoms with E-state index in [-0.39, 0.29) is 18.0 Å². The van der Waals surface area contributed by atoms with E-state index in [9.17, 15) is 13.2 Å². The molecule has 0 N–H and O–H groups in total. The first-order valence-electron chi connectivity index (χ1n) is 7.23. The zero-order valence-corrected chi connectivity index (χ0v) is 13.9. The lowest BCUT2D eigenvalue weighted by atomic mass is 10.2. The first-order chi connectivity index (χ1) is 12.4. The summed E-state index contributed by atoms with van der Waals surface area (Å²) in [4.78, 5) is 8.85. The average molecular weight is 365 g/mol. The number of benzene rings is 1. The summed E-state index contributed by atoms with van der Waals surface area (Å²) in [7, 11) is 2.97. The summed E-state index contributed by atoms with van der Waals surface area (Å²) in [5.41, 5.74) is -0.919. The third-order valence-electron chi connectivity index (χ3n) is 3.29. The van der Waals surface area contributed by atoms with E-state index in [1.807, 2.05) is 0 Å². The molecular weight excluding hydrogens is 351 g/mol. The highest BCUT2D eigenvalue weighted by atomic mass is 19.4. The van der Waals surface area contributed by atoms with Crippen LogP contribution < -0.4 is 9.47 Å². The van der Waals surface area contributed by atoms with Gasteiger partial charge in [0, 0.05) is 0 Å². The summed E-state index contributed by atoms with van der Waals surface area (Å²) < 4.78 is 48.9. The molecule has 0 spiro atoms. The van der Waals surface area contributed by atoms with Crippen molar-refractivity contribution in [3.8, 4) is 17.6 Å². The normalized spacial score (nSPS) is 11.2. The minimum Gasteiger partial charge on any atom is -0.496 e. The second-order valence-electron chi connectivity index (χ2n) is 4.92. The van der Waals surface area contributed by atoms with Crippen LogP contribution in [0.4, 0.5) is 13.2 Å². The predicted octanol–water partition coefficient (Wildman–Crippen LogP) is 3.54. The van der Waals surface area contributed by atoms with E-state index in [4.69, 9.17) is 19.6 Å². The molecule has 0 saturated carbocycles. The molecule has 1 aromatic heterocycles. The zero-order valence-electron chi connectivity index (χ0n) is 13.9. The summed E-state index contributed by atoms with van der Waals surface area (Å²) >= 11 is 0. The van der Waals surface area contributed by atoms with E-state index in [1.54, 1.807) is 24.3 Å². The van der Waals surface area contributed by atoms with Crippen LogP contribution in [-0.4, -0.2) is 25.4 Å². The molecule has 2 aromatic rings. The maximum Gasteiger partial charge on any atom is 0.416 e. The smallest absolute Gasteiger partial charge is 0.416 e. The molecule has 0 radical (unpaired) electrons. The number of alkyl halides is 3. The summed E-state index contributed by atoms with van der Waals surface area (Å²) in [6.07, 6.45) is -3.60. The molecule has 26 heavy (non-hydrogen) atoms. The van der Waals surface area contributed by atoms with E-state index in [0.29, 0.717) is 23.1 Å². The van der Waals surface area contributed by atoms with Crippen LogP contribution >= 0.6 is 0 Å². The number of rotatable bonds is 6. The Morgan fingerprint density at radius 3 is 2.38 bits per heavy atom. The molecule has 2 rings (SSSR count). The molecule has 0 aliphatic carbocycles. The molecule has 0 aliphatic rings. The number of hydrogen-bond acceptors (Lipinski definition) is 6. The van der Waals surface area contributed by atoms with Gasteiger partial charge in [-0.3, -0.25) is 0 Å². The fourth-order valence-corrected chi connectivity index (χ4v) is 2.10. The minimum atomic E-state index is -4.59. The second-order valence-corrected chi connectivity index (χ2v) is 4.92. The number of nitrogens with zero attached hydrogens (tertiary/aromatic N) is 3. The van der Waals surface area contributed by atoms with Crippen LogP contribution in [0.25, 0.3) is 0 Å². The second kappa shape index (κ2) is 8.20. The van der Waals surface area contributed by atoms with E-state index in [1.165, 1.54) is 14.2 Å². The van der Waals surface area contributed by atoms with Crippen LogP contribution in [0.1, 0.15) is 22.5 Å². The number of hydrogen-bond donors (Lipinski definition) is 0. The van der Waals surface area contributed by atoms with Crippen molar-refractivity contribution < 1.29 is 27.5 Å².